The van der Waals surface area contributed by atoms with Crippen molar-refractivity contribution in [3.05, 3.63) is 0 Å². The summed E-state index contributed by atoms with van der Waals surface area (Å²) >= 11 is 0. The number of hydrogen-bond donors (Lipinski definition) is 1. The van der Waals surface area contributed by atoms with E-state index in [0.29, 0.717) is 11.1 Å². The zero-order valence-electron chi connectivity index (χ0n) is 12.2. The second-order valence-corrected chi connectivity index (χ2v) is 7.09. The van der Waals surface area contributed by atoms with E-state index in [-0.39, 0.29) is 6.67 Å². The second kappa shape index (κ2) is 5.69. The Bertz CT molecular complexity index is 293. The maximum Gasteiger partial charge on any atom is 0.0906 e. The Balaban J connectivity index is 1.71. The van der Waals surface area contributed by atoms with Gasteiger partial charge in [0, 0.05) is 30.7 Å². The number of halogens is 1. The Hall–Kier alpha value is -0.150. The first kappa shape index (κ1) is 13.8. The van der Waals surface area contributed by atoms with Crippen molar-refractivity contribution in [3.8, 4) is 0 Å². The quantitative estimate of drug-likeness (QED) is 0.845. The molecule has 1 aliphatic heterocycles. The van der Waals surface area contributed by atoms with Crippen molar-refractivity contribution >= 4 is 0 Å². The van der Waals surface area contributed by atoms with Gasteiger partial charge in [0.15, 0.2) is 0 Å². The van der Waals surface area contributed by atoms with Crippen LogP contribution in [-0.2, 0) is 0 Å². The molecule has 3 fully saturated rings. The average Bonchev–Trinajstić information content (AvgIpc) is 2.91. The van der Waals surface area contributed by atoms with Crippen molar-refractivity contribution in [2.45, 2.75) is 75.3 Å². The summed E-state index contributed by atoms with van der Waals surface area (Å²) in [5.41, 5.74) is 0.736. The zero-order chi connectivity index (χ0) is 13.2. The number of piperazine rings is 1. The minimum Gasteiger partial charge on any atom is -0.308 e. The van der Waals surface area contributed by atoms with E-state index >= 15 is 0 Å². The topological polar surface area (TPSA) is 15.3 Å². The molecule has 0 aromatic rings. The molecule has 2 spiro atoms. The van der Waals surface area contributed by atoms with Gasteiger partial charge >= 0.3 is 0 Å². The molecule has 1 heterocycles. The summed E-state index contributed by atoms with van der Waals surface area (Å²) in [6.07, 6.45) is 12.9. The third kappa shape index (κ3) is 2.69. The van der Waals surface area contributed by atoms with Gasteiger partial charge in [-0.3, -0.25) is 9.29 Å². The van der Waals surface area contributed by atoms with Crippen molar-refractivity contribution in [3.63, 3.8) is 0 Å². The Morgan fingerprint density at radius 1 is 0.947 bits per heavy atom. The lowest BCUT2D eigenvalue weighted by molar-refractivity contribution is -0.00740. The second-order valence-electron chi connectivity index (χ2n) is 7.09. The molecule has 19 heavy (non-hydrogen) atoms. The summed E-state index contributed by atoms with van der Waals surface area (Å²) < 4.78 is 12.6. The van der Waals surface area contributed by atoms with E-state index in [1.165, 1.54) is 64.3 Å². The molecular weight excluding hydrogens is 239 g/mol. The minimum absolute atomic E-state index is 0.160. The van der Waals surface area contributed by atoms with Crippen LogP contribution in [0, 0.1) is 0 Å². The lowest BCUT2D eigenvalue weighted by Gasteiger charge is -2.55. The summed E-state index contributed by atoms with van der Waals surface area (Å²) in [6, 6.07) is 0. The van der Waals surface area contributed by atoms with E-state index in [9.17, 15) is 4.39 Å². The predicted molar refractivity (Wildman–Crippen MR) is 77.2 cm³/mol. The fourth-order valence-corrected chi connectivity index (χ4v) is 4.71. The molecular formula is C16H29FN2. The van der Waals surface area contributed by atoms with Gasteiger partial charge < -0.3 is 5.32 Å². The molecule has 0 radical (unpaired) electrons. The van der Waals surface area contributed by atoms with Gasteiger partial charge in [0.2, 0.25) is 0 Å². The molecule has 0 amide bonds. The van der Waals surface area contributed by atoms with E-state index in [1.807, 2.05) is 0 Å². The maximum atomic E-state index is 12.6. The summed E-state index contributed by atoms with van der Waals surface area (Å²) in [4.78, 5) is 2.68. The van der Waals surface area contributed by atoms with Crippen LogP contribution >= 0.6 is 0 Å². The summed E-state index contributed by atoms with van der Waals surface area (Å²) in [7, 11) is 0. The van der Waals surface area contributed by atoms with Gasteiger partial charge in [-0.15, -0.1) is 0 Å². The minimum atomic E-state index is -0.160. The van der Waals surface area contributed by atoms with Gasteiger partial charge in [-0.25, -0.2) is 0 Å². The molecule has 0 aromatic heterocycles. The largest absolute Gasteiger partial charge is 0.308 e. The Labute approximate surface area is 117 Å². The lowest BCUT2D eigenvalue weighted by atomic mass is 9.76. The molecule has 0 unspecified atom stereocenters. The third-order valence-electron chi connectivity index (χ3n) is 5.86. The van der Waals surface area contributed by atoms with Crippen molar-refractivity contribution in [2.75, 3.05) is 26.3 Å². The number of nitrogens with zero attached hydrogens (tertiary/aromatic N) is 1. The molecule has 3 heteroatoms. The van der Waals surface area contributed by atoms with Gasteiger partial charge in [0.05, 0.1) is 6.67 Å². The van der Waals surface area contributed by atoms with Crippen LogP contribution in [0.1, 0.15) is 64.2 Å². The van der Waals surface area contributed by atoms with Crippen LogP contribution in [0.2, 0.25) is 0 Å². The highest BCUT2D eigenvalue weighted by Gasteiger charge is 2.48. The van der Waals surface area contributed by atoms with Crippen LogP contribution in [0.15, 0.2) is 0 Å². The highest BCUT2D eigenvalue weighted by Crippen LogP contribution is 2.41. The molecule has 3 aliphatic rings. The fraction of sp³-hybridized carbons (Fsp3) is 1.00. The number of rotatable bonds is 3. The van der Waals surface area contributed by atoms with Crippen molar-refractivity contribution in [2.24, 2.45) is 0 Å². The standard InChI is InChI=1S/C16H29FN2/c17-11-6-12-19-14-15(7-2-1-3-8-15)18-13-16(19)9-4-5-10-16/h18H,1-14H2. The summed E-state index contributed by atoms with van der Waals surface area (Å²) in [6.45, 7) is 3.14. The molecule has 1 saturated heterocycles. The zero-order valence-corrected chi connectivity index (χ0v) is 12.2. The Morgan fingerprint density at radius 3 is 2.32 bits per heavy atom. The number of alkyl halides is 1. The van der Waals surface area contributed by atoms with E-state index in [1.54, 1.807) is 0 Å². The highest BCUT2D eigenvalue weighted by molar-refractivity contribution is 5.07. The van der Waals surface area contributed by atoms with Crippen molar-refractivity contribution < 1.29 is 4.39 Å². The molecule has 0 bridgehead atoms. The third-order valence-corrected chi connectivity index (χ3v) is 5.86. The van der Waals surface area contributed by atoms with Crippen LogP contribution < -0.4 is 5.32 Å². The monoisotopic (exact) mass is 268 g/mol. The Kier molecular flexibility index (Phi) is 4.14. The molecule has 0 atom stereocenters. The van der Waals surface area contributed by atoms with Crippen LogP contribution in [0.4, 0.5) is 4.39 Å². The summed E-state index contributed by atoms with van der Waals surface area (Å²) in [5.74, 6) is 0. The lowest BCUT2D eigenvalue weighted by Crippen LogP contribution is -2.69. The van der Waals surface area contributed by atoms with Crippen molar-refractivity contribution in [1.29, 1.82) is 0 Å². The van der Waals surface area contributed by atoms with Crippen LogP contribution in [0.5, 0.6) is 0 Å². The molecule has 1 N–H and O–H groups in total. The highest BCUT2D eigenvalue weighted by atomic mass is 19.1. The Morgan fingerprint density at radius 2 is 1.63 bits per heavy atom. The van der Waals surface area contributed by atoms with E-state index < -0.39 is 0 Å². The SMILES string of the molecule is FCCCN1CC2(CCCCC2)NCC12CCCC2. The van der Waals surface area contributed by atoms with E-state index in [4.69, 9.17) is 0 Å². The van der Waals surface area contributed by atoms with Gasteiger partial charge in [-0.1, -0.05) is 32.1 Å². The van der Waals surface area contributed by atoms with E-state index in [0.717, 1.165) is 19.5 Å². The molecule has 0 aromatic carbocycles. The van der Waals surface area contributed by atoms with Gasteiger partial charge in [-0.05, 0) is 32.1 Å². The first-order valence-corrected chi connectivity index (χ1v) is 8.35. The van der Waals surface area contributed by atoms with Gasteiger partial charge in [-0.2, -0.15) is 0 Å². The molecule has 3 rings (SSSR count). The molecule has 2 nitrogen and oxygen atoms in total. The van der Waals surface area contributed by atoms with Crippen LogP contribution in [0.3, 0.4) is 0 Å². The normalized spacial score (nSPS) is 30.2. The smallest absolute Gasteiger partial charge is 0.0906 e. The van der Waals surface area contributed by atoms with Gasteiger partial charge in [0.25, 0.3) is 0 Å². The molecule has 2 aliphatic carbocycles. The first-order chi connectivity index (χ1) is 9.29. The van der Waals surface area contributed by atoms with Crippen LogP contribution in [0.25, 0.3) is 0 Å². The number of hydrogen-bond acceptors (Lipinski definition) is 2. The maximum absolute atomic E-state index is 12.6. The van der Waals surface area contributed by atoms with Gasteiger partial charge in [0.1, 0.15) is 0 Å². The predicted octanol–water partition coefficient (Wildman–Crippen LogP) is 3.27. The first-order valence-electron chi connectivity index (χ1n) is 8.35. The number of nitrogens with one attached hydrogen (secondary N) is 1. The van der Waals surface area contributed by atoms with E-state index in [2.05, 4.69) is 10.2 Å². The van der Waals surface area contributed by atoms with Crippen molar-refractivity contribution in [1.82, 2.24) is 10.2 Å². The summed E-state index contributed by atoms with van der Waals surface area (Å²) in [5, 5.41) is 3.94. The fourth-order valence-electron chi connectivity index (χ4n) is 4.71. The van der Waals surface area contributed by atoms with Crippen LogP contribution in [-0.4, -0.2) is 42.3 Å². The molecule has 110 valence electrons. The molecule has 2 saturated carbocycles. The average molecular weight is 268 g/mol.